The van der Waals surface area contributed by atoms with Crippen molar-refractivity contribution in [3.05, 3.63) is 30.1 Å². The number of rotatable bonds is 1. The lowest BCUT2D eigenvalue weighted by molar-refractivity contribution is -0.120. The lowest BCUT2D eigenvalue weighted by Gasteiger charge is -2.19. The minimum Gasteiger partial charge on any atom is -0.300 e. The fraction of sp³-hybridized carbons (Fsp3) is 0.455. The average Bonchev–Trinajstić information content (AvgIpc) is 2.19. The van der Waals surface area contributed by atoms with Crippen LogP contribution in [0.1, 0.15) is 37.3 Å². The molecule has 1 aromatic heterocycles. The van der Waals surface area contributed by atoms with E-state index in [4.69, 9.17) is 0 Å². The first kappa shape index (κ1) is 8.42. The van der Waals surface area contributed by atoms with Crippen molar-refractivity contribution in [2.45, 2.75) is 31.6 Å². The van der Waals surface area contributed by atoms with Crippen molar-refractivity contribution in [3.63, 3.8) is 0 Å². The zero-order valence-electron chi connectivity index (χ0n) is 7.57. The second kappa shape index (κ2) is 3.69. The van der Waals surface area contributed by atoms with E-state index in [1.165, 1.54) is 0 Å². The highest BCUT2D eigenvalue weighted by atomic mass is 16.1. The lowest BCUT2D eigenvalue weighted by Crippen LogP contribution is -2.14. The Balaban J connectivity index is 2.13. The predicted molar refractivity (Wildman–Crippen MR) is 50.5 cm³/mol. The van der Waals surface area contributed by atoms with Crippen molar-refractivity contribution in [2.24, 2.45) is 0 Å². The molecule has 68 valence electrons. The third kappa shape index (κ3) is 1.94. The standard InChI is InChI=1S/C11H13NO/c13-10-5-3-4-9(8-10)11-6-1-2-7-12-11/h1-2,6-7,9H,3-5,8H2. The first-order chi connectivity index (χ1) is 6.36. The van der Waals surface area contributed by atoms with Gasteiger partial charge in [-0.3, -0.25) is 9.78 Å². The summed E-state index contributed by atoms with van der Waals surface area (Å²) >= 11 is 0. The largest absolute Gasteiger partial charge is 0.300 e. The minimum absolute atomic E-state index is 0.377. The van der Waals surface area contributed by atoms with E-state index in [9.17, 15) is 4.79 Å². The predicted octanol–water partition coefficient (Wildman–Crippen LogP) is 2.31. The monoisotopic (exact) mass is 175 g/mol. The third-order valence-corrected chi connectivity index (χ3v) is 2.59. The van der Waals surface area contributed by atoms with Gasteiger partial charge in [0.05, 0.1) is 0 Å². The van der Waals surface area contributed by atoms with Crippen LogP contribution in [-0.2, 0) is 4.79 Å². The minimum atomic E-state index is 0.377. The van der Waals surface area contributed by atoms with E-state index in [1.807, 2.05) is 18.2 Å². The molecule has 2 nitrogen and oxygen atoms in total. The van der Waals surface area contributed by atoms with Gasteiger partial charge in [0.15, 0.2) is 0 Å². The lowest BCUT2D eigenvalue weighted by atomic mass is 9.86. The Bertz CT molecular complexity index is 294. The summed E-state index contributed by atoms with van der Waals surface area (Å²) in [5.74, 6) is 0.768. The summed E-state index contributed by atoms with van der Waals surface area (Å²) in [6.07, 6.45) is 5.40. The number of carbonyl (C=O) groups is 1. The molecule has 2 heteroatoms. The van der Waals surface area contributed by atoms with Gasteiger partial charge >= 0.3 is 0 Å². The van der Waals surface area contributed by atoms with Crippen LogP contribution >= 0.6 is 0 Å². The number of aromatic nitrogens is 1. The third-order valence-electron chi connectivity index (χ3n) is 2.59. The van der Waals surface area contributed by atoms with Crippen LogP contribution in [0.4, 0.5) is 0 Å². The highest BCUT2D eigenvalue weighted by Crippen LogP contribution is 2.29. The maximum absolute atomic E-state index is 11.2. The van der Waals surface area contributed by atoms with Crippen LogP contribution in [-0.4, -0.2) is 10.8 Å². The molecule has 1 fully saturated rings. The van der Waals surface area contributed by atoms with Gasteiger partial charge < -0.3 is 0 Å². The molecule has 1 aromatic rings. The molecular formula is C11H13NO. The summed E-state index contributed by atoms with van der Waals surface area (Å²) < 4.78 is 0. The molecule has 0 spiro atoms. The summed E-state index contributed by atoms with van der Waals surface area (Å²) in [5, 5.41) is 0. The number of nitrogens with zero attached hydrogens (tertiary/aromatic N) is 1. The molecule has 0 bridgehead atoms. The van der Waals surface area contributed by atoms with Crippen LogP contribution in [0.2, 0.25) is 0 Å². The smallest absolute Gasteiger partial charge is 0.133 e. The van der Waals surface area contributed by atoms with Gasteiger partial charge in [0.2, 0.25) is 0 Å². The van der Waals surface area contributed by atoms with E-state index < -0.39 is 0 Å². The molecule has 1 unspecified atom stereocenters. The Morgan fingerprint density at radius 3 is 3.00 bits per heavy atom. The van der Waals surface area contributed by atoms with Gasteiger partial charge in [-0.1, -0.05) is 6.07 Å². The van der Waals surface area contributed by atoms with Crippen molar-refractivity contribution in [2.75, 3.05) is 0 Å². The Morgan fingerprint density at radius 1 is 1.38 bits per heavy atom. The van der Waals surface area contributed by atoms with Crippen LogP contribution in [0.5, 0.6) is 0 Å². The molecule has 1 aliphatic rings. The maximum atomic E-state index is 11.2. The highest BCUT2D eigenvalue weighted by molar-refractivity contribution is 5.79. The van der Waals surface area contributed by atoms with Gasteiger partial charge in [0.1, 0.15) is 5.78 Å². The Morgan fingerprint density at radius 2 is 2.31 bits per heavy atom. The second-order valence-corrected chi connectivity index (χ2v) is 3.59. The van der Waals surface area contributed by atoms with Crippen LogP contribution in [0.25, 0.3) is 0 Å². The number of hydrogen-bond donors (Lipinski definition) is 0. The second-order valence-electron chi connectivity index (χ2n) is 3.59. The molecule has 1 atom stereocenters. The van der Waals surface area contributed by atoms with Gasteiger partial charge in [-0.2, -0.15) is 0 Å². The number of ketones is 1. The normalized spacial score (nSPS) is 23.1. The van der Waals surface area contributed by atoms with Crippen LogP contribution < -0.4 is 0 Å². The van der Waals surface area contributed by atoms with E-state index >= 15 is 0 Å². The van der Waals surface area contributed by atoms with Crippen molar-refractivity contribution in [1.29, 1.82) is 0 Å². The Hall–Kier alpha value is -1.18. The SMILES string of the molecule is O=C1CCCC(c2ccccn2)C1. The number of Topliss-reactive ketones (excluding diaryl/α,β-unsaturated/α-hetero) is 1. The first-order valence-electron chi connectivity index (χ1n) is 4.79. The van der Waals surface area contributed by atoms with Gasteiger partial charge in [-0.05, 0) is 25.0 Å². The van der Waals surface area contributed by atoms with E-state index in [0.29, 0.717) is 18.1 Å². The number of carbonyl (C=O) groups excluding carboxylic acids is 1. The molecular weight excluding hydrogens is 162 g/mol. The molecule has 13 heavy (non-hydrogen) atoms. The van der Waals surface area contributed by atoms with Gasteiger partial charge in [-0.15, -0.1) is 0 Å². The number of pyridine rings is 1. The van der Waals surface area contributed by atoms with Crippen LogP contribution in [0.3, 0.4) is 0 Å². The van der Waals surface area contributed by atoms with Crippen molar-refractivity contribution >= 4 is 5.78 Å². The van der Waals surface area contributed by atoms with E-state index in [2.05, 4.69) is 4.98 Å². The summed E-state index contributed by atoms with van der Waals surface area (Å²) in [5.41, 5.74) is 1.08. The molecule has 0 N–H and O–H groups in total. The Labute approximate surface area is 78.0 Å². The van der Waals surface area contributed by atoms with E-state index in [-0.39, 0.29) is 0 Å². The molecule has 0 saturated heterocycles. The topological polar surface area (TPSA) is 30.0 Å². The fourth-order valence-corrected chi connectivity index (χ4v) is 1.89. The summed E-state index contributed by atoms with van der Waals surface area (Å²) in [4.78, 5) is 15.5. The molecule has 1 heterocycles. The van der Waals surface area contributed by atoms with Gasteiger partial charge in [-0.25, -0.2) is 0 Å². The quantitative estimate of drug-likeness (QED) is 0.655. The van der Waals surface area contributed by atoms with Gasteiger partial charge in [0, 0.05) is 30.7 Å². The Kier molecular flexibility index (Phi) is 2.39. The van der Waals surface area contributed by atoms with Crippen molar-refractivity contribution in [1.82, 2.24) is 4.98 Å². The first-order valence-corrected chi connectivity index (χ1v) is 4.79. The molecule has 2 rings (SSSR count). The summed E-state index contributed by atoms with van der Waals surface area (Å²) in [7, 11) is 0. The number of hydrogen-bond acceptors (Lipinski definition) is 2. The average molecular weight is 175 g/mol. The van der Waals surface area contributed by atoms with Crippen molar-refractivity contribution < 1.29 is 4.79 Å². The van der Waals surface area contributed by atoms with E-state index in [1.54, 1.807) is 6.20 Å². The molecule has 0 radical (unpaired) electrons. The van der Waals surface area contributed by atoms with Crippen LogP contribution in [0.15, 0.2) is 24.4 Å². The molecule has 1 aliphatic carbocycles. The van der Waals surface area contributed by atoms with Crippen molar-refractivity contribution in [3.8, 4) is 0 Å². The fourth-order valence-electron chi connectivity index (χ4n) is 1.89. The van der Waals surface area contributed by atoms with E-state index in [0.717, 1.165) is 25.0 Å². The zero-order valence-corrected chi connectivity index (χ0v) is 7.57. The van der Waals surface area contributed by atoms with Crippen LogP contribution in [0, 0.1) is 0 Å². The zero-order chi connectivity index (χ0) is 9.10. The molecule has 0 amide bonds. The molecule has 0 aromatic carbocycles. The molecule has 1 saturated carbocycles. The maximum Gasteiger partial charge on any atom is 0.133 e. The molecule has 0 aliphatic heterocycles. The highest BCUT2D eigenvalue weighted by Gasteiger charge is 2.21. The summed E-state index contributed by atoms with van der Waals surface area (Å²) in [6, 6.07) is 5.92. The summed E-state index contributed by atoms with van der Waals surface area (Å²) in [6.45, 7) is 0. The van der Waals surface area contributed by atoms with Gasteiger partial charge in [0.25, 0.3) is 0 Å².